The highest BCUT2D eigenvalue weighted by atomic mass is 16.3. The molecule has 0 spiro atoms. The molecule has 0 radical (unpaired) electrons. The van der Waals surface area contributed by atoms with Crippen LogP contribution in [-0.4, -0.2) is 11.1 Å². The third-order valence-corrected chi connectivity index (χ3v) is 3.20. The maximum atomic E-state index is 10.7. The molecule has 0 aliphatic heterocycles. The SMILES string of the molecule is Cc1cc(CNc2ccc(NC(N)=O)cc2)cc(C)c1O. The number of rotatable bonds is 4. The number of urea groups is 1. The Morgan fingerprint density at radius 3 is 2.14 bits per heavy atom. The van der Waals surface area contributed by atoms with Crippen LogP contribution in [0.3, 0.4) is 0 Å². The van der Waals surface area contributed by atoms with E-state index in [0.717, 1.165) is 22.4 Å². The number of amides is 2. The summed E-state index contributed by atoms with van der Waals surface area (Å²) in [4.78, 5) is 10.7. The zero-order chi connectivity index (χ0) is 15.4. The van der Waals surface area contributed by atoms with Gasteiger partial charge in [0.1, 0.15) is 5.75 Å². The van der Waals surface area contributed by atoms with Crippen molar-refractivity contribution in [3.8, 4) is 5.75 Å². The van der Waals surface area contributed by atoms with Crippen LogP contribution < -0.4 is 16.4 Å². The summed E-state index contributed by atoms with van der Waals surface area (Å²) in [5.41, 5.74) is 9.48. The van der Waals surface area contributed by atoms with Crippen molar-refractivity contribution in [1.29, 1.82) is 0 Å². The van der Waals surface area contributed by atoms with E-state index >= 15 is 0 Å². The Balaban J connectivity index is 2.01. The Kier molecular flexibility index (Phi) is 4.33. The predicted molar refractivity (Wildman–Crippen MR) is 84.6 cm³/mol. The van der Waals surface area contributed by atoms with Gasteiger partial charge in [-0.25, -0.2) is 4.79 Å². The Labute approximate surface area is 123 Å². The molecule has 0 bridgehead atoms. The summed E-state index contributed by atoms with van der Waals surface area (Å²) in [7, 11) is 0. The van der Waals surface area contributed by atoms with E-state index in [2.05, 4.69) is 10.6 Å². The number of hydrogen-bond donors (Lipinski definition) is 4. The molecule has 5 heteroatoms. The van der Waals surface area contributed by atoms with Crippen LogP contribution in [0.2, 0.25) is 0 Å². The van der Waals surface area contributed by atoms with Crippen LogP contribution in [0, 0.1) is 13.8 Å². The number of benzene rings is 2. The number of aryl methyl sites for hydroxylation is 2. The molecule has 0 atom stereocenters. The molecule has 5 N–H and O–H groups in total. The summed E-state index contributed by atoms with van der Waals surface area (Å²) in [6.07, 6.45) is 0. The topological polar surface area (TPSA) is 87.4 Å². The fraction of sp³-hybridized carbons (Fsp3) is 0.188. The minimum Gasteiger partial charge on any atom is -0.507 e. The molecule has 0 heterocycles. The largest absolute Gasteiger partial charge is 0.507 e. The number of carbonyl (C=O) groups excluding carboxylic acids is 1. The lowest BCUT2D eigenvalue weighted by Crippen LogP contribution is -2.19. The quantitative estimate of drug-likeness (QED) is 0.696. The third-order valence-electron chi connectivity index (χ3n) is 3.20. The molecule has 2 rings (SSSR count). The molecule has 110 valence electrons. The Morgan fingerprint density at radius 2 is 1.62 bits per heavy atom. The maximum Gasteiger partial charge on any atom is 0.316 e. The second-order valence-electron chi connectivity index (χ2n) is 5.00. The van der Waals surface area contributed by atoms with Crippen molar-refractivity contribution >= 4 is 17.4 Å². The van der Waals surface area contributed by atoms with Gasteiger partial charge in [-0.2, -0.15) is 0 Å². The van der Waals surface area contributed by atoms with Crippen LogP contribution in [0.25, 0.3) is 0 Å². The van der Waals surface area contributed by atoms with Gasteiger partial charge in [-0.15, -0.1) is 0 Å². The highest BCUT2D eigenvalue weighted by Gasteiger charge is 2.03. The van der Waals surface area contributed by atoms with E-state index in [-0.39, 0.29) is 0 Å². The van der Waals surface area contributed by atoms with Crippen LogP contribution in [0.1, 0.15) is 16.7 Å². The normalized spacial score (nSPS) is 10.2. The van der Waals surface area contributed by atoms with E-state index in [1.807, 2.05) is 38.1 Å². The van der Waals surface area contributed by atoms with Gasteiger partial charge >= 0.3 is 6.03 Å². The van der Waals surface area contributed by atoms with Crippen LogP contribution in [0.5, 0.6) is 5.75 Å². The zero-order valence-electron chi connectivity index (χ0n) is 12.1. The van der Waals surface area contributed by atoms with Crippen LogP contribution in [-0.2, 0) is 6.54 Å². The van der Waals surface area contributed by atoms with E-state index < -0.39 is 6.03 Å². The van der Waals surface area contributed by atoms with Crippen molar-refractivity contribution in [2.24, 2.45) is 5.73 Å². The minimum absolute atomic E-state index is 0.348. The van der Waals surface area contributed by atoms with Gasteiger partial charge in [-0.1, -0.05) is 12.1 Å². The summed E-state index contributed by atoms with van der Waals surface area (Å²) >= 11 is 0. The van der Waals surface area contributed by atoms with E-state index in [0.29, 0.717) is 18.0 Å². The second kappa shape index (κ2) is 6.17. The van der Waals surface area contributed by atoms with E-state index in [1.165, 1.54) is 0 Å². The summed E-state index contributed by atoms with van der Waals surface area (Å²) in [6.45, 7) is 4.43. The monoisotopic (exact) mass is 285 g/mol. The summed E-state index contributed by atoms with van der Waals surface area (Å²) in [6, 6.07) is 10.6. The lowest BCUT2D eigenvalue weighted by atomic mass is 10.1. The molecule has 21 heavy (non-hydrogen) atoms. The fourth-order valence-electron chi connectivity index (χ4n) is 2.17. The van der Waals surface area contributed by atoms with Gasteiger partial charge in [0.2, 0.25) is 0 Å². The molecule has 0 aliphatic carbocycles. The first-order valence-corrected chi connectivity index (χ1v) is 6.65. The molecule has 0 fully saturated rings. The van der Waals surface area contributed by atoms with E-state index in [1.54, 1.807) is 12.1 Å². The number of anilines is 2. The molecule has 0 saturated carbocycles. The van der Waals surface area contributed by atoms with E-state index in [9.17, 15) is 9.90 Å². The van der Waals surface area contributed by atoms with Crippen molar-refractivity contribution in [3.05, 3.63) is 53.1 Å². The van der Waals surface area contributed by atoms with Gasteiger partial charge in [0.05, 0.1) is 0 Å². The second-order valence-corrected chi connectivity index (χ2v) is 5.00. The van der Waals surface area contributed by atoms with E-state index in [4.69, 9.17) is 5.73 Å². The van der Waals surface area contributed by atoms with Crippen molar-refractivity contribution in [3.63, 3.8) is 0 Å². The van der Waals surface area contributed by atoms with Gasteiger partial charge in [-0.3, -0.25) is 0 Å². The molecule has 2 aromatic rings. The Morgan fingerprint density at radius 1 is 1.10 bits per heavy atom. The number of nitrogens with one attached hydrogen (secondary N) is 2. The number of hydrogen-bond acceptors (Lipinski definition) is 3. The highest BCUT2D eigenvalue weighted by Crippen LogP contribution is 2.23. The fourth-order valence-corrected chi connectivity index (χ4v) is 2.17. The highest BCUT2D eigenvalue weighted by molar-refractivity contribution is 5.87. The van der Waals surface area contributed by atoms with Crippen LogP contribution in [0.15, 0.2) is 36.4 Å². The molecule has 0 unspecified atom stereocenters. The maximum absolute atomic E-state index is 10.7. The summed E-state index contributed by atoms with van der Waals surface area (Å²) in [5, 5.41) is 15.6. The molecule has 2 aromatic carbocycles. The van der Waals surface area contributed by atoms with Crippen molar-refractivity contribution in [2.75, 3.05) is 10.6 Å². The zero-order valence-corrected chi connectivity index (χ0v) is 12.1. The lowest BCUT2D eigenvalue weighted by Gasteiger charge is -2.11. The van der Waals surface area contributed by atoms with Gasteiger partial charge < -0.3 is 21.5 Å². The van der Waals surface area contributed by atoms with Gasteiger partial charge in [0.15, 0.2) is 0 Å². The number of primary amides is 1. The van der Waals surface area contributed by atoms with Crippen LogP contribution in [0.4, 0.5) is 16.2 Å². The summed E-state index contributed by atoms with van der Waals surface area (Å²) < 4.78 is 0. The molecule has 0 aromatic heterocycles. The minimum atomic E-state index is -0.578. The standard InChI is InChI=1S/C16H19N3O2/c1-10-7-12(8-11(2)15(10)20)9-18-13-3-5-14(6-4-13)19-16(17)21/h3-8,18,20H,9H2,1-2H3,(H3,17,19,21). The number of aromatic hydroxyl groups is 1. The van der Waals surface area contributed by atoms with Crippen molar-refractivity contribution in [1.82, 2.24) is 0 Å². The average molecular weight is 285 g/mol. The van der Waals surface area contributed by atoms with Gasteiger partial charge in [0.25, 0.3) is 0 Å². The lowest BCUT2D eigenvalue weighted by molar-refractivity contribution is 0.259. The molecule has 2 amide bonds. The van der Waals surface area contributed by atoms with Gasteiger partial charge in [-0.05, 0) is 54.8 Å². The first-order valence-electron chi connectivity index (χ1n) is 6.65. The Hall–Kier alpha value is -2.69. The molecule has 0 aliphatic rings. The average Bonchev–Trinajstić information content (AvgIpc) is 2.43. The van der Waals surface area contributed by atoms with Gasteiger partial charge in [0, 0.05) is 17.9 Å². The number of phenolic OH excluding ortho intramolecular Hbond substituents is 1. The van der Waals surface area contributed by atoms with Crippen molar-refractivity contribution in [2.45, 2.75) is 20.4 Å². The van der Waals surface area contributed by atoms with Crippen molar-refractivity contribution < 1.29 is 9.90 Å². The molecular weight excluding hydrogens is 266 g/mol. The first kappa shape index (κ1) is 14.7. The smallest absolute Gasteiger partial charge is 0.316 e. The molecule has 0 saturated heterocycles. The Bertz CT molecular complexity index is 628. The first-order chi connectivity index (χ1) is 9.95. The summed E-state index contributed by atoms with van der Waals surface area (Å²) in [5.74, 6) is 0.348. The number of nitrogens with two attached hydrogens (primary N) is 1. The molecule has 5 nitrogen and oxygen atoms in total. The molecular formula is C16H19N3O2. The number of carbonyl (C=O) groups is 1. The van der Waals surface area contributed by atoms with Crippen LogP contribution >= 0.6 is 0 Å². The number of phenols is 1. The predicted octanol–water partition coefficient (Wildman–Crippen LogP) is 3.11. The third kappa shape index (κ3) is 3.89.